The molecular weight excluding hydrogens is 769 g/mol. The molecule has 0 unspecified atom stereocenters. The molecule has 0 atom stereocenters. The third-order valence-corrected chi connectivity index (χ3v) is 45.4. The molecule has 4 heterocycles. The number of fused-ring (bicyclic) bond motifs is 6. The van der Waals surface area contributed by atoms with Gasteiger partial charge in [0.15, 0.2) is 0 Å². The van der Waals surface area contributed by atoms with Crippen molar-refractivity contribution in [1.82, 2.24) is 0 Å². The van der Waals surface area contributed by atoms with E-state index in [0.29, 0.717) is 0 Å². The van der Waals surface area contributed by atoms with E-state index in [9.17, 15) is 0 Å². The van der Waals surface area contributed by atoms with E-state index < -0.39 is 32.3 Å². The third-order valence-electron chi connectivity index (χ3n) is 14.1. The van der Waals surface area contributed by atoms with Crippen LogP contribution in [-0.4, -0.2) is 32.3 Å². The largest absolute Gasteiger partial charge is 0.136 e. The van der Waals surface area contributed by atoms with Crippen molar-refractivity contribution >= 4 is 95.6 Å². The molecule has 0 radical (unpaired) electrons. The van der Waals surface area contributed by atoms with Crippen molar-refractivity contribution in [3.8, 4) is 45.9 Å². The first-order valence-corrected chi connectivity index (χ1v) is 34.2. The van der Waals surface area contributed by atoms with Gasteiger partial charge in [-0.15, -0.1) is 45.3 Å². The predicted octanol–water partition coefficient (Wildman–Crippen LogP) is 13.2. The lowest BCUT2D eigenvalue weighted by Crippen LogP contribution is -2.48. The standard InChI is InChI=1S/C44H64S4Si4/c1-41(2,3)49(13,14)37-25-29-30-26-38(50(15,16)42(4,5)6)46-34(30)23-24-36-32(28-40(48-36)52(19,20)44(10,11)12)31-27-39(51(17,18)43(7,8)9)47-35(31)22-21-33(29)45-37/h25-28H,1-20H3. The highest BCUT2D eigenvalue weighted by Gasteiger charge is 2.43. The zero-order chi connectivity index (χ0) is 39.4. The van der Waals surface area contributed by atoms with Crippen LogP contribution >= 0.6 is 45.3 Å². The maximum atomic E-state index is 3.89. The van der Waals surface area contributed by atoms with Gasteiger partial charge in [0.25, 0.3) is 0 Å². The molecule has 0 saturated carbocycles. The monoisotopic (exact) mass is 832 g/mol. The lowest BCUT2D eigenvalue weighted by molar-refractivity contribution is 0.730. The summed E-state index contributed by atoms with van der Waals surface area (Å²) in [5.41, 5.74) is 5.22. The van der Waals surface area contributed by atoms with Crippen LogP contribution in [0.4, 0.5) is 0 Å². The minimum atomic E-state index is -1.81. The SMILES string of the molecule is CC(C)(C)[Si](C)(C)c1cc2c(s1)C#Cc1sc([Si](C)(C)C(C)(C)C)cc1-c1cc([Si](C)(C)C(C)(C)C)sc1C#Cc1sc([Si](C)(C)C(C)(C)C)cc1-2. The van der Waals surface area contributed by atoms with E-state index in [1.807, 2.05) is 45.3 Å². The van der Waals surface area contributed by atoms with Gasteiger partial charge in [-0.2, -0.15) is 0 Å². The van der Waals surface area contributed by atoms with Gasteiger partial charge in [-0.05, 0) is 86.1 Å². The van der Waals surface area contributed by atoms with Crippen molar-refractivity contribution in [2.45, 2.75) is 156 Å². The molecule has 0 aromatic carbocycles. The maximum absolute atomic E-state index is 3.89. The number of hydrogen-bond donors (Lipinski definition) is 0. The highest BCUT2D eigenvalue weighted by molar-refractivity contribution is 7.30. The van der Waals surface area contributed by atoms with E-state index >= 15 is 0 Å². The second-order valence-electron chi connectivity index (χ2n) is 21.4. The van der Waals surface area contributed by atoms with Crippen LogP contribution in [0.5, 0.6) is 0 Å². The van der Waals surface area contributed by atoms with E-state index in [-0.39, 0.29) is 20.2 Å². The van der Waals surface area contributed by atoms with Crippen molar-refractivity contribution in [3.63, 3.8) is 0 Å². The second-order valence-corrected chi connectivity index (χ2v) is 48.2. The van der Waals surface area contributed by atoms with Gasteiger partial charge in [-0.25, -0.2) is 0 Å². The fraction of sp³-hybridized carbons (Fsp3) is 0.545. The molecule has 0 bridgehead atoms. The Kier molecular flexibility index (Phi) is 10.6. The Morgan fingerprint density at radius 2 is 0.481 bits per heavy atom. The Balaban J connectivity index is 1.92. The van der Waals surface area contributed by atoms with Gasteiger partial charge < -0.3 is 0 Å². The summed E-state index contributed by atoms with van der Waals surface area (Å²) in [6, 6.07) is 10.2. The molecule has 0 nitrogen and oxygen atoms in total. The van der Waals surface area contributed by atoms with Crippen LogP contribution in [0.1, 0.15) is 103 Å². The minimum absolute atomic E-state index is 0.238. The number of thiophene rings is 4. The number of hydrogen-bond acceptors (Lipinski definition) is 4. The Labute approximate surface area is 338 Å². The Hall–Kier alpha value is -1.21. The summed E-state index contributed by atoms with van der Waals surface area (Å²) in [5, 5.41) is 0.950. The molecule has 0 fully saturated rings. The van der Waals surface area contributed by atoms with Crippen LogP contribution in [-0.2, 0) is 0 Å². The molecule has 4 aromatic rings. The van der Waals surface area contributed by atoms with Gasteiger partial charge >= 0.3 is 0 Å². The Morgan fingerprint density at radius 3 is 0.615 bits per heavy atom. The first-order chi connectivity index (χ1) is 23.3. The quantitative estimate of drug-likeness (QED) is 0.125. The Bertz CT molecular complexity index is 1840. The van der Waals surface area contributed by atoms with Gasteiger partial charge in [0.1, 0.15) is 0 Å². The fourth-order valence-corrected chi connectivity index (χ4v) is 22.7. The minimum Gasteiger partial charge on any atom is -0.136 e. The molecule has 1 aliphatic rings. The van der Waals surface area contributed by atoms with Gasteiger partial charge in [0, 0.05) is 22.3 Å². The first-order valence-electron chi connectivity index (χ1n) is 18.9. The number of rotatable bonds is 4. The van der Waals surface area contributed by atoms with E-state index in [1.54, 1.807) is 18.0 Å². The molecule has 0 spiro atoms. The van der Waals surface area contributed by atoms with E-state index in [2.05, 4.69) is 183 Å². The molecule has 5 rings (SSSR count). The Morgan fingerprint density at radius 1 is 0.327 bits per heavy atom. The van der Waals surface area contributed by atoms with Crippen molar-refractivity contribution in [2.75, 3.05) is 0 Å². The lowest BCUT2D eigenvalue weighted by Gasteiger charge is -2.36. The average Bonchev–Trinajstić information content (AvgIpc) is 3.76. The van der Waals surface area contributed by atoms with Crippen LogP contribution in [0, 0.1) is 23.7 Å². The topological polar surface area (TPSA) is 0 Å². The smallest absolute Gasteiger partial charge is 0.0988 e. The van der Waals surface area contributed by atoms with Gasteiger partial charge in [-0.3, -0.25) is 0 Å². The molecule has 0 aliphatic heterocycles. The maximum Gasteiger partial charge on any atom is 0.0988 e. The normalized spacial score (nSPS) is 14.5. The summed E-state index contributed by atoms with van der Waals surface area (Å²) in [7, 11) is -7.24. The third kappa shape index (κ3) is 7.15. The first kappa shape index (κ1) is 41.9. The lowest BCUT2D eigenvalue weighted by atomic mass is 10.1. The van der Waals surface area contributed by atoms with Crippen LogP contribution < -0.4 is 18.0 Å². The van der Waals surface area contributed by atoms with Crippen LogP contribution in [0.15, 0.2) is 24.3 Å². The van der Waals surface area contributed by atoms with Crippen LogP contribution in [0.3, 0.4) is 0 Å². The molecular formula is C44H64S4Si4. The molecule has 4 aromatic heterocycles. The average molecular weight is 834 g/mol. The summed E-state index contributed by atoms with van der Waals surface area (Å²) in [6.07, 6.45) is 0. The zero-order valence-corrected chi connectivity index (χ0v) is 43.2. The summed E-state index contributed by atoms with van der Waals surface area (Å²) in [5.74, 6) is 15.6. The summed E-state index contributed by atoms with van der Waals surface area (Å²) in [4.78, 5) is 4.85. The summed E-state index contributed by atoms with van der Waals surface area (Å²) < 4.78 is 6.17. The predicted molar refractivity (Wildman–Crippen MR) is 255 cm³/mol. The van der Waals surface area contributed by atoms with Crippen LogP contribution in [0.25, 0.3) is 22.3 Å². The highest BCUT2D eigenvalue weighted by atomic mass is 32.1. The summed E-state index contributed by atoms with van der Waals surface area (Å²) in [6.45, 7) is 49.5. The van der Waals surface area contributed by atoms with Crippen molar-refractivity contribution in [1.29, 1.82) is 0 Å². The van der Waals surface area contributed by atoms with E-state index in [0.717, 1.165) is 0 Å². The second kappa shape index (κ2) is 13.2. The molecule has 280 valence electrons. The molecule has 8 heteroatoms. The van der Waals surface area contributed by atoms with Crippen molar-refractivity contribution < 1.29 is 0 Å². The van der Waals surface area contributed by atoms with Gasteiger partial charge in [0.05, 0.1) is 51.8 Å². The van der Waals surface area contributed by atoms with E-state index in [4.69, 9.17) is 0 Å². The van der Waals surface area contributed by atoms with E-state index in [1.165, 1.54) is 41.8 Å². The molecule has 0 N–H and O–H groups in total. The zero-order valence-electron chi connectivity index (χ0n) is 35.9. The van der Waals surface area contributed by atoms with Gasteiger partial charge in [-0.1, -0.05) is 135 Å². The molecule has 0 amide bonds. The summed E-state index contributed by atoms with van der Waals surface area (Å²) >= 11 is 7.88. The molecule has 0 saturated heterocycles. The molecule has 52 heavy (non-hydrogen) atoms. The van der Waals surface area contributed by atoms with Gasteiger partial charge in [0.2, 0.25) is 0 Å². The van der Waals surface area contributed by atoms with Crippen molar-refractivity contribution in [2.24, 2.45) is 0 Å². The highest BCUT2D eigenvalue weighted by Crippen LogP contribution is 2.45. The molecule has 1 aliphatic carbocycles. The fourth-order valence-electron chi connectivity index (χ4n) is 5.67. The van der Waals surface area contributed by atoms with Crippen molar-refractivity contribution in [3.05, 3.63) is 43.8 Å². The van der Waals surface area contributed by atoms with Crippen LogP contribution in [0.2, 0.25) is 72.5 Å².